The van der Waals surface area contributed by atoms with Gasteiger partial charge in [0.05, 0.1) is 33.1 Å². The maximum absolute atomic E-state index is 10.7. The number of aromatic nitrogens is 6. The molecule has 0 aliphatic rings. The van der Waals surface area contributed by atoms with Gasteiger partial charge in [-0.25, -0.2) is 0 Å². The van der Waals surface area contributed by atoms with E-state index in [0.29, 0.717) is 0 Å². The average molecular weight is 1030 g/mol. The molecule has 3 aromatic carbocycles. The zero-order valence-electron chi connectivity index (χ0n) is 31.0. The van der Waals surface area contributed by atoms with Gasteiger partial charge < -0.3 is 0 Å². The third-order valence-electron chi connectivity index (χ3n) is 7.03. The molecule has 0 unspecified atom stereocenters. The molecule has 0 spiro atoms. The fraction of sp³-hybridized carbons (Fsp3) is 0. The summed E-state index contributed by atoms with van der Waals surface area (Å²) < 4.78 is 178. The summed E-state index contributed by atoms with van der Waals surface area (Å²) in [6.45, 7) is 0. The van der Waals surface area contributed by atoms with Crippen LogP contribution >= 0.6 is 23.4 Å². The van der Waals surface area contributed by atoms with Crippen molar-refractivity contribution in [2.45, 2.75) is 0 Å². The van der Waals surface area contributed by atoms with Crippen LogP contribution in [0.15, 0.2) is 146 Å². The Bertz CT molecular complexity index is 2550. The number of nitrogens with zero attached hydrogens (tertiary/aromatic N) is 6. The Hall–Kier alpha value is -5.33. The van der Waals surface area contributed by atoms with Gasteiger partial charge in [-0.05, 0) is 36.4 Å². The second kappa shape index (κ2) is 16.6. The van der Waals surface area contributed by atoms with Crippen molar-refractivity contribution in [2.24, 2.45) is 0 Å². The summed E-state index contributed by atoms with van der Waals surface area (Å²) in [6.07, 6.45) is 10.8. The first-order valence-corrected chi connectivity index (χ1v) is 22.7. The van der Waals surface area contributed by atoms with Crippen molar-refractivity contribution in [1.29, 1.82) is 0 Å². The second-order valence-electron chi connectivity index (χ2n) is 12.5. The van der Waals surface area contributed by atoms with Crippen molar-refractivity contribution in [3.8, 4) is 0 Å². The van der Waals surface area contributed by atoms with Crippen LogP contribution in [-0.2, 0) is 17.1 Å². The molecule has 0 N–H and O–H groups in total. The fourth-order valence-corrected chi connectivity index (χ4v) is 5.04. The minimum absolute atomic E-state index is 0. The van der Waals surface area contributed by atoms with Crippen molar-refractivity contribution in [3.05, 3.63) is 146 Å². The molecule has 0 aliphatic heterocycles. The van der Waals surface area contributed by atoms with Crippen LogP contribution in [0, 0.1) is 0 Å². The van der Waals surface area contributed by atoms with Gasteiger partial charge in [0.15, 0.2) is 0 Å². The van der Waals surface area contributed by atoms with Crippen LogP contribution in [0.3, 0.4) is 0 Å². The van der Waals surface area contributed by atoms with Crippen LogP contribution < -0.4 is 0 Å². The Morgan fingerprint density at radius 3 is 0.438 bits per heavy atom. The van der Waals surface area contributed by atoms with Crippen LogP contribution in [0.5, 0.6) is 0 Å². The van der Waals surface area contributed by atoms with Crippen molar-refractivity contribution in [1.82, 2.24) is 29.9 Å². The first-order chi connectivity index (χ1) is 28.2. The Morgan fingerprint density at radius 2 is 0.328 bits per heavy atom. The van der Waals surface area contributed by atoms with E-state index >= 15 is 0 Å². The number of pyridine rings is 6. The maximum atomic E-state index is 9.87. The molecule has 28 heteroatoms. The summed E-state index contributed by atoms with van der Waals surface area (Å²) in [6, 6.07) is 36.4. The van der Waals surface area contributed by atoms with Gasteiger partial charge in [0.1, 0.15) is 0 Å². The molecule has 0 amide bonds. The van der Waals surface area contributed by atoms with E-state index in [4.69, 9.17) is 0 Å². The molecule has 0 saturated carbocycles. The molecule has 0 saturated heterocycles. The molecular formula is C36H24F18FeN6P3-3. The van der Waals surface area contributed by atoms with E-state index in [1.54, 1.807) is 37.2 Å². The number of benzene rings is 3. The summed E-state index contributed by atoms with van der Waals surface area (Å²) in [5.41, 5.74) is 5.86. The maximum Gasteiger partial charge on any atom is 0.0964 e. The van der Waals surface area contributed by atoms with Crippen LogP contribution in [-0.4, -0.2) is 29.9 Å². The Morgan fingerprint density at radius 1 is 0.219 bits per heavy atom. The predicted octanol–water partition coefficient (Wildman–Crippen LogP) is 18.5. The normalized spacial score (nSPS) is 14.7. The summed E-state index contributed by atoms with van der Waals surface area (Å²) in [7, 11) is -32.0. The van der Waals surface area contributed by atoms with E-state index in [9.17, 15) is 75.5 Å². The number of fused-ring (bicyclic) bond motifs is 9. The Labute approximate surface area is 357 Å². The van der Waals surface area contributed by atoms with Gasteiger partial charge in [-0.1, -0.05) is 72.8 Å². The van der Waals surface area contributed by atoms with E-state index in [0.717, 1.165) is 65.4 Å². The van der Waals surface area contributed by atoms with Gasteiger partial charge in [0.25, 0.3) is 0 Å². The SMILES string of the molecule is F[P-](F)(F)(F)(F)F.F[P-](F)(F)(F)(F)F.F[P-](F)(F)(F)(F)F.[Fe].c1cnc2c(c1)ccc1cccnc12.c1cnc2c(c1)ccc1cccnc12.c1cnc2c(c1)ccc1cccnc12. The molecule has 0 radical (unpaired) electrons. The van der Waals surface area contributed by atoms with Gasteiger partial charge >= 0.3 is 99.0 Å². The van der Waals surface area contributed by atoms with Crippen LogP contribution in [0.25, 0.3) is 65.4 Å². The Kier molecular flexibility index (Phi) is 13.7. The Balaban J connectivity index is 0.000000211. The first-order valence-electron chi connectivity index (χ1n) is 16.6. The van der Waals surface area contributed by atoms with Crippen LogP contribution in [0.4, 0.5) is 75.5 Å². The van der Waals surface area contributed by atoms with Gasteiger partial charge in [-0.3, -0.25) is 29.9 Å². The van der Waals surface area contributed by atoms with Crippen LogP contribution in [0.2, 0.25) is 0 Å². The van der Waals surface area contributed by atoms with Gasteiger partial charge in [0.2, 0.25) is 0 Å². The minimum Gasteiger partial charge on any atom is -0.254 e. The van der Waals surface area contributed by atoms with Gasteiger partial charge in [-0.15, -0.1) is 0 Å². The van der Waals surface area contributed by atoms with E-state index in [1.807, 2.05) is 36.4 Å². The first kappa shape index (κ1) is 53.0. The number of halogens is 18. The minimum atomic E-state index is -10.7. The standard InChI is InChI=1S/3C12H8N2.3F6P.Fe/c3*1-3-9-5-6-10-4-2-8-14-12(10)11(9)13-7-1;3*1-7(2,3,4,5)6;/h3*1-8H;;;;/q;;;3*-1;. The molecule has 64 heavy (non-hydrogen) atoms. The molecule has 0 fully saturated rings. The van der Waals surface area contributed by atoms with Crippen molar-refractivity contribution in [3.63, 3.8) is 0 Å². The van der Waals surface area contributed by atoms with Crippen molar-refractivity contribution < 1.29 is 92.6 Å². The number of hydrogen-bond donors (Lipinski definition) is 0. The number of hydrogen-bond acceptors (Lipinski definition) is 6. The topological polar surface area (TPSA) is 77.3 Å². The molecule has 0 atom stereocenters. The largest absolute Gasteiger partial charge is 0.254 e. The van der Waals surface area contributed by atoms with E-state index in [2.05, 4.69) is 103 Å². The molecule has 350 valence electrons. The predicted molar refractivity (Wildman–Crippen MR) is 212 cm³/mol. The zero-order chi connectivity index (χ0) is 47.4. The third kappa shape index (κ3) is 22.9. The van der Waals surface area contributed by atoms with Crippen molar-refractivity contribution in [2.75, 3.05) is 0 Å². The summed E-state index contributed by atoms with van der Waals surface area (Å²) in [5, 5.41) is 6.83. The third-order valence-corrected chi connectivity index (χ3v) is 7.03. The molecule has 6 aromatic heterocycles. The quantitative estimate of drug-likeness (QED) is 0.0652. The fourth-order valence-electron chi connectivity index (χ4n) is 5.04. The molecule has 9 rings (SSSR count). The number of rotatable bonds is 0. The summed E-state index contributed by atoms with van der Waals surface area (Å²) in [5.74, 6) is 0. The molecule has 6 heterocycles. The van der Waals surface area contributed by atoms with E-state index in [-0.39, 0.29) is 17.1 Å². The molecule has 9 aromatic rings. The van der Waals surface area contributed by atoms with Crippen molar-refractivity contribution >= 4 is 88.8 Å². The zero-order valence-corrected chi connectivity index (χ0v) is 34.8. The van der Waals surface area contributed by atoms with Crippen LogP contribution in [0.1, 0.15) is 0 Å². The van der Waals surface area contributed by atoms with E-state index < -0.39 is 23.4 Å². The molecule has 0 aliphatic carbocycles. The average Bonchev–Trinajstić information content (AvgIpc) is 3.15. The van der Waals surface area contributed by atoms with Gasteiger partial charge in [-0.2, -0.15) is 0 Å². The van der Waals surface area contributed by atoms with Gasteiger partial charge in [0, 0.05) is 86.6 Å². The second-order valence-corrected chi connectivity index (χ2v) is 18.3. The summed E-state index contributed by atoms with van der Waals surface area (Å²) in [4.78, 5) is 26.1. The smallest absolute Gasteiger partial charge is 0.0964 e. The molecular weight excluding hydrogens is 1010 g/mol. The monoisotopic (exact) mass is 1030 g/mol. The van der Waals surface area contributed by atoms with E-state index in [1.165, 1.54) is 0 Å². The molecule has 6 nitrogen and oxygen atoms in total. The summed E-state index contributed by atoms with van der Waals surface area (Å²) >= 11 is 0. The molecule has 0 bridgehead atoms.